The van der Waals surface area contributed by atoms with Crippen LogP contribution < -0.4 is 10.1 Å². The number of aromatic nitrogens is 2. The molecule has 4 nitrogen and oxygen atoms in total. The van der Waals surface area contributed by atoms with E-state index in [0.717, 1.165) is 23.4 Å². The molecule has 0 saturated carbocycles. The molecule has 1 heterocycles. The van der Waals surface area contributed by atoms with Crippen LogP contribution in [0, 0.1) is 12.7 Å². The number of rotatable bonds is 6. The average Bonchev–Trinajstić information content (AvgIpc) is 2.47. The summed E-state index contributed by atoms with van der Waals surface area (Å²) in [6.45, 7) is 4.79. The van der Waals surface area contributed by atoms with Crippen molar-refractivity contribution in [2.24, 2.45) is 0 Å². The number of likely N-dealkylation sites (N-methyl/N-ethyl adjacent to an activating group) is 1. The van der Waals surface area contributed by atoms with E-state index in [1.165, 1.54) is 12.4 Å². The Morgan fingerprint density at radius 2 is 2.10 bits per heavy atom. The third-order valence-electron chi connectivity index (χ3n) is 3.38. The minimum absolute atomic E-state index is 0.0789. The van der Waals surface area contributed by atoms with Crippen molar-refractivity contribution in [2.45, 2.75) is 26.3 Å². The second-order valence-corrected chi connectivity index (χ2v) is 4.87. The van der Waals surface area contributed by atoms with Crippen LogP contribution in [0.3, 0.4) is 0 Å². The van der Waals surface area contributed by atoms with E-state index >= 15 is 0 Å². The maximum Gasteiger partial charge on any atom is 0.216 e. The number of hydrogen-bond acceptors (Lipinski definition) is 4. The monoisotopic (exact) mass is 289 g/mol. The fourth-order valence-corrected chi connectivity index (χ4v) is 2.38. The predicted molar refractivity (Wildman–Crippen MR) is 79.8 cm³/mol. The highest BCUT2D eigenvalue weighted by molar-refractivity contribution is 5.31. The molecule has 0 aliphatic heterocycles. The van der Waals surface area contributed by atoms with Gasteiger partial charge in [-0.25, -0.2) is 14.4 Å². The van der Waals surface area contributed by atoms with Gasteiger partial charge >= 0.3 is 0 Å². The summed E-state index contributed by atoms with van der Waals surface area (Å²) in [6.07, 6.45) is 2.19. The molecule has 2 aromatic rings. The van der Waals surface area contributed by atoms with Gasteiger partial charge in [0.2, 0.25) is 5.88 Å². The second kappa shape index (κ2) is 7.13. The lowest BCUT2D eigenvalue weighted by atomic mass is 9.97. The lowest BCUT2D eigenvalue weighted by Crippen LogP contribution is -2.24. The number of benzene rings is 1. The third kappa shape index (κ3) is 3.98. The first kappa shape index (κ1) is 15.4. The number of ether oxygens (including phenoxy) is 1. The lowest BCUT2D eigenvalue weighted by Gasteiger charge is -2.20. The van der Waals surface area contributed by atoms with Crippen LogP contribution >= 0.6 is 0 Å². The van der Waals surface area contributed by atoms with Gasteiger partial charge in [0.15, 0.2) is 0 Å². The Morgan fingerprint density at radius 1 is 1.29 bits per heavy atom. The summed E-state index contributed by atoms with van der Waals surface area (Å²) in [5.74, 6) is 0.335. The molecule has 1 atom stereocenters. The Balaban J connectivity index is 2.26. The maximum atomic E-state index is 13.3. The van der Waals surface area contributed by atoms with Gasteiger partial charge in [0.25, 0.3) is 0 Å². The molecule has 0 aliphatic rings. The second-order valence-electron chi connectivity index (χ2n) is 4.87. The number of nitrogens with zero attached hydrogens (tertiary/aromatic N) is 2. The molecule has 0 aliphatic carbocycles. The zero-order valence-electron chi connectivity index (χ0n) is 12.6. The normalized spacial score (nSPS) is 12.2. The summed E-state index contributed by atoms with van der Waals surface area (Å²) in [5, 5.41) is 3.42. The van der Waals surface area contributed by atoms with Gasteiger partial charge in [-0.3, -0.25) is 0 Å². The summed E-state index contributed by atoms with van der Waals surface area (Å²) in [6, 6.07) is 6.78. The molecule has 1 unspecified atom stereocenters. The van der Waals surface area contributed by atoms with Gasteiger partial charge in [0.1, 0.15) is 12.1 Å². The number of hydrogen-bond donors (Lipinski definition) is 1. The van der Waals surface area contributed by atoms with E-state index in [1.54, 1.807) is 13.2 Å². The number of aryl methyl sites for hydroxylation is 1. The van der Waals surface area contributed by atoms with Gasteiger partial charge < -0.3 is 10.1 Å². The van der Waals surface area contributed by atoms with Crippen LogP contribution in [0.25, 0.3) is 0 Å². The van der Waals surface area contributed by atoms with E-state index in [1.807, 2.05) is 26.0 Å². The van der Waals surface area contributed by atoms with E-state index in [0.29, 0.717) is 12.3 Å². The Morgan fingerprint density at radius 3 is 2.76 bits per heavy atom. The number of methoxy groups -OCH3 is 1. The fraction of sp³-hybridized carbons (Fsp3) is 0.375. The molecule has 0 saturated heterocycles. The van der Waals surface area contributed by atoms with Crippen molar-refractivity contribution in [2.75, 3.05) is 13.7 Å². The van der Waals surface area contributed by atoms with Crippen LogP contribution in [-0.2, 0) is 6.42 Å². The summed E-state index contributed by atoms with van der Waals surface area (Å²) in [5.41, 5.74) is 2.90. The zero-order valence-corrected chi connectivity index (χ0v) is 12.6. The maximum absolute atomic E-state index is 13.3. The van der Waals surface area contributed by atoms with Gasteiger partial charge in [-0.05, 0) is 36.7 Å². The van der Waals surface area contributed by atoms with Gasteiger partial charge in [-0.2, -0.15) is 0 Å². The predicted octanol–water partition coefficient (Wildman–Crippen LogP) is 2.83. The molecule has 5 heteroatoms. The van der Waals surface area contributed by atoms with Crippen molar-refractivity contribution in [3.05, 3.63) is 53.2 Å². The van der Waals surface area contributed by atoms with Crippen LogP contribution in [0.5, 0.6) is 5.88 Å². The minimum Gasteiger partial charge on any atom is -0.481 e. The topological polar surface area (TPSA) is 47.0 Å². The zero-order chi connectivity index (χ0) is 15.2. The first-order valence-corrected chi connectivity index (χ1v) is 6.98. The molecule has 1 aromatic heterocycles. The number of halogens is 1. The molecular formula is C16H20FN3O. The molecule has 0 spiro atoms. The highest BCUT2D eigenvalue weighted by Crippen LogP contribution is 2.22. The van der Waals surface area contributed by atoms with Crippen LogP contribution in [0.1, 0.15) is 29.8 Å². The Labute approximate surface area is 124 Å². The highest BCUT2D eigenvalue weighted by atomic mass is 19.1. The summed E-state index contributed by atoms with van der Waals surface area (Å²) < 4.78 is 18.4. The van der Waals surface area contributed by atoms with E-state index in [9.17, 15) is 4.39 Å². The molecule has 112 valence electrons. The van der Waals surface area contributed by atoms with E-state index in [-0.39, 0.29) is 11.9 Å². The van der Waals surface area contributed by atoms with Crippen LogP contribution in [0.4, 0.5) is 4.39 Å². The largest absolute Gasteiger partial charge is 0.481 e. The standard InChI is InChI=1S/C16H20FN3O/c1-4-18-15(14-6-5-12(17)7-11(14)2)8-13-9-16(21-3)20-10-19-13/h5-7,9-10,15,18H,4,8H2,1-3H3. The van der Waals surface area contributed by atoms with Crippen molar-refractivity contribution in [1.29, 1.82) is 0 Å². The molecule has 1 aromatic carbocycles. The summed E-state index contributed by atoms with van der Waals surface area (Å²) in [7, 11) is 1.58. The molecule has 0 amide bonds. The average molecular weight is 289 g/mol. The first-order chi connectivity index (χ1) is 10.1. The van der Waals surface area contributed by atoms with Gasteiger partial charge in [0, 0.05) is 24.2 Å². The Kier molecular flexibility index (Phi) is 5.22. The molecule has 21 heavy (non-hydrogen) atoms. The van der Waals surface area contributed by atoms with Gasteiger partial charge in [0.05, 0.1) is 7.11 Å². The molecule has 2 rings (SSSR count). The van der Waals surface area contributed by atoms with E-state index < -0.39 is 0 Å². The molecular weight excluding hydrogens is 269 g/mol. The number of nitrogens with one attached hydrogen (secondary N) is 1. The van der Waals surface area contributed by atoms with Gasteiger partial charge in [-0.1, -0.05) is 13.0 Å². The fourth-order valence-electron chi connectivity index (χ4n) is 2.38. The summed E-state index contributed by atoms with van der Waals surface area (Å²) >= 11 is 0. The third-order valence-corrected chi connectivity index (χ3v) is 3.38. The van der Waals surface area contributed by atoms with Crippen molar-refractivity contribution < 1.29 is 9.13 Å². The summed E-state index contributed by atoms with van der Waals surface area (Å²) in [4.78, 5) is 8.29. The van der Waals surface area contributed by atoms with E-state index in [2.05, 4.69) is 15.3 Å². The molecule has 0 fully saturated rings. The van der Waals surface area contributed by atoms with Crippen molar-refractivity contribution in [3.63, 3.8) is 0 Å². The molecule has 1 N–H and O–H groups in total. The van der Waals surface area contributed by atoms with Crippen molar-refractivity contribution >= 4 is 0 Å². The van der Waals surface area contributed by atoms with Gasteiger partial charge in [-0.15, -0.1) is 0 Å². The van der Waals surface area contributed by atoms with Crippen molar-refractivity contribution in [3.8, 4) is 5.88 Å². The van der Waals surface area contributed by atoms with E-state index in [4.69, 9.17) is 4.74 Å². The highest BCUT2D eigenvalue weighted by Gasteiger charge is 2.15. The Hall–Kier alpha value is -2.01. The smallest absolute Gasteiger partial charge is 0.216 e. The molecule has 0 radical (unpaired) electrons. The minimum atomic E-state index is -0.213. The van der Waals surface area contributed by atoms with Crippen LogP contribution in [0.15, 0.2) is 30.6 Å². The van der Waals surface area contributed by atoms with Crippen molar-refractivity contribution in [1.82, 2.24) is 15.3 Å². The quantitative estimate of drug-likeness (QED) is 0.888. The Bertz CT molecular complexity index is 604. The first-order valence-electron chi connectivity index (χ1n) is 6.98. The SMILES string of the molecule is CCNC(Cc1cc(OC)ncn1)c1ccc(F)cc1C. The van der Waals surface area contributed by atoms with Crippen LogP contribution in [0.2, 0.25) is 0 Å². The van der Waals surface area contributed by atoms with Crippen LogP contribution in [-0.4, -0.2) is 23.6 Å². The lowest BCUT2D eigenvalue weighted by molar-refractivity contribution is 0.395. The molecule has 0 bridgehead atoms.